The fourth-order valence-corrected chi connectivity index (χ4v) is 2.99. The molecule has 0 saturated carbocycles. The number of halogens is 1. The molecule has 1 aromatic heterocycles. The van der Waals surface area contributed by atoms with E-state index in [2.05, 4.69) is 42.0 Å². The molecule has 0 spiro atoms. The van der Waals surface area contributed by atoms with E-state index in [4.69, 9.17) is 30.8 Å². The first-order valence-electron chi connectivity index (χ1n) is 8.96. The fraction of sp³-hybridized carbons (Fsp3) is 0.500. The summed E-state index contributed by atoms with van der Waals surface area (Å²) in [5.74, 6) is 0. The molecule has 0 aliphatic heterocycles. The predicted octanol–water partition coefficient (Wildman–Crippen LogP) is 3.88. The number of aromatic nitrogens is 1. The van der Waals surface area contributed by atoms with Crippen molar-refractivity contribution in [3.8, 4) is 0 Å². The molecule has 0 fully saturated rings. The average molecular weight is 418 g/mol. The van der Waals surface area contributed by atoms with E-state index in [1.54, 1.807) is 0 Å². The predicted molar refractivity (Wildman–Crippen MR) is 111 cm³/mol. The molecule has 0 saturated heterocycles. The van der Waals surface area contributed by atoms with Gasteiger partial charge in [0.25, 0.3) is 0 Å². The molecule has 1 aromatic carbocycles. The third kappa shape index (κ3) is 9.51. The number of rotatable bonds is 8. The summed E-state index contributed by atoms with van der Waals surface area (Å²) in [6.07, 6.45) is 4.18. The van der Waals surface area contributed by atoms with Gasteiger partial charge in [0, 0.05) is 23.3 Å². The molecule has 1 unspecified atom stereocenters. The number of hydrogen-bond donors (Lipinski definition) is 4. The zero-order valence-electron chi connectivity index (χ0n) is 16.0. The zero-order valence-corrected chi connectivity index (χ0v) is 17.6. The van der Waals surface area contributed by atoms with E-state index >= 15 is 0 Å². The Kier molecular flexibility index (Phi) is 10.2. The molecule has 0 bridgehead atoms. The van der Waals surface area contributed by atoms with Gasteiger partial charge in [0.15, 0.2) is 0 Å². The Labute approximate surface area is 165 Å². The lowest BCUT2D eigenvalue weighted by Crippen LogP contribution is -2.25. The SMILES string of the molecule is CCN(CC)CCCC(C)Nc1ccnc2c(Cl)cccc12.O=P(O)(O)O. The van der Waals surface area contributed by atoms with Crippen LogP contribution in [0.25, 0.3) is 10.9 Å². The Morgan fingerprint density at radius 1 is 1.22 bits per heavy atom. The first-order chi connectivity index (χ1) is 12.7. The highest BCUT2D eigenvalue weighted by Gasteiger charge is 2.08. The van der Waals surface area contributed by atoms with Crippen molar-refractivity contribution in [1.29, 1.82) is 0 Å². The van der Waals surface area contributed by atoms with E-state index in [0.717, 1.165) is 36.1 Å². The van der Waals surface area contributed by atoms with Crippen molar-refractivity contribution in [2.75, 3.05) is 25.0 Å². The molecular formula is C18H29ClN3O4P. The van der Waals surface area contributed by atoms with Gasteiger partial charge >= 0.3 is 7.82 Å². The van der Waals surface area contributed by atoms with Crippen molar-refractivity contribution in [3.63, 3.8) is 0 Å². The minimum absolute atomic E-state index is 0.431. The summed E-state index contributed by atoms with van der Waals surface area (Å²) >= 11 is 6.22. The molecule has 0 aliphatic rings. The summed E-state index contributed by atoms with van der Waals surface area (Å²) < 4.78 is 8.88. The van der Waals surface area contributed by atoms with Crippen molar-refractivity contribution in [3.05, 3.63) is 35.5 Å². The number of anilines is 1. The lowest BCUT2D eigenvalue weighted by atomic mass is 10.1. The number of phosphoric acid groups is 1. The largest absolute Gasteiger partial charge is 0.466 e. The third-order valence-corrected chi connectivity index (χ3v) is 4.43. The van der Waals surface area contributed by atoms with Gasteiger partial charge in [0.05, 0.1) is 10.5 Å². The Morgan fingerprint density at radius 2 is 1.85 bits per heavy atom. The van der Waals surface area contributed by atoms with Crippen molar-refractivity contribution in [2.24, 2.45) is 0 Å². The van der Waals surface area contributed by atoms with E-state index in [-0.39, 0.29) is 0 Å². The molecule has 2 rings (SSSR count). The summed E-state index contributed by atoms with van der Waals surface area (Å²) in [7, 11) is -4.64. The van der Waals surface area contributed by atoms with E-state index in [1.165, 1.54) is 13.0 Å². The Bertz CT molecular complexity index is 744. The average Bonchev–Trinajstić information content (AvgIpc) is 2.58. The molecule has 1 heterocycles. The quantitative estimate of drug-likeness (QED) is 0.483. The molecule has 2 aromatic rings. The van der Waals surface area contributed by atoms with Crippen LogP contribution in [-0.2, 0) is 4.57 Å². The van der Waals surface area contributed by atoms with Crippen molar-refractivity contribution < 1.29 is 19.2 Å². The number of fused-ring (bicyclic) bond motifs is 1. The minimum atomic E-state index is -4.64. The molecule has 7 nitrogen and oxygen atoms in total. The van der Waals surface area contributed by atoms with Crippen LogP contribution in [-0.4, -0.2) is 50.2 Å². The van der Waals surface area contributed by atoms with Gasteiger partial charge < -0.3 is 24.9 Å². The summed E-state index contributed by atoms with van der Waals surface area (Å²) in [5, 5.41) is 5.40. The molecule has 27 heavy (non-hydrogen) atoms. The van der Waals surface area contributed by atoms with E-state index in [9.17, 15) is 0 Å². The highest BCUT2D eigenvalue weighted by molar-refractivity contribution is 7.45. The van der Waals surface area contributed by atoms with Gasteiger partial charge in [-0.2, -0.15) is 0 Å². The highest BCUT2D eigenvalue weighted by atomic mass is 35.5. The number of nitrogens with one attached hydrogen (secondary N) is 1. The number of para-hydroxylation sites is 1. The molecule has 0 amide bonds. The minimum Gasteiger partial charge on any atom is -0.382 e. The first kappa shape index (κ1) is 23.8. The van der Waals surface area contributed by atoms with Crippen LogP contribution in [0.3, 0.4) is 0 Å². The smallest absolute Gasteiger partial charge is 0.382 e. The molecule has 152 valence electrons. The second-order valence-corrected chi connectivity index (χ2v) is 7.66. The number of nitrogens with zero attached hydrogens (tertiary/aromatic N) is 2. The van der Waals surface area contributed by atoms with Crippen LogP contribution in [0.1, 0.15) is 33.6 Å². The van der Waals surface area contributed by atoms with Crippen LogP contribution in [0, 0.1) is 0 Å². The molecule has 0 radical (unpaired) electrons. The first-order valence-corrected chi connectivity index (χ1v) is 10.9. The van der Waals surface area contributed by atoms with Gasteiger partial charge in [-0.25, -0.2) is 4.57 Å². The third-order valence-electron chi connectivity index (χ3n) is 4.13. The summed E-state index contributed by atoms with van der Waals surface area (Å²) in [4.78, 5) is 28.4. The standard InChI is InChI=1S/C18H26ClN3.H3O4P/c1-4-22(5-2)13-7-8-14(3)21-17-11-12-20-18-15(17)9-6-10-16(18)19;1-5(2,3)4/h6,9-12,14H,4-5,7-8,13H2,1-3H3,(H,20,21);(H3,1,2,3,4). The summed E-state index contributed by atoms with van der Waals surface area (Å²) in [5.41, 5.74) is 1.98. The van der Waals surface area contributed by atoms with Gasteiger partial charge in [-0.05, 0) is 51.5 Å². The van der Waals surface area contributed by atoms with Crippen LogP contribution in [0.2, 0.25) is 5.02 Å². The van der Waals surface area contributed by atoms with E-state index in [1.807, 2.05) is 24.4 Å². The Balaban J connectivity index is 0.000000646. The number of hydrogen-bond acceptors (Lipinski definition) is 4. The topological polar surface area (TPSA) is 106 Å². The maximum absolute atomic E-state index is 8.88. The van der Waals surface area contributed by atoms with Crippen LogP contribution in [0.15, 0.2) is 30.5 Å². The summed E-state index contributed by atoms with van der Waals surface area (Å²) in [6, 6.07) is 8.38. The van der Waals surface area contributed by atoms with Gasteiger partial charge in [-0.1, -0.05) is 37.6 Å². The van der Waals surface area contributed by atoms with Gasteiger partial charge in [-0.3, -0.25) is 4.98 Å². The van der Waals surface area contributed by atoms with Crippen molar-refractivity contribution in [1.82, 2.24) is 9.88 Å². The van der Waals surface area contributed by atoms with E-state index < -0.39 is 7.82 Å². The molecule has 1 atom stereocenters. The number of benzene rings is 1. The molecule has 0 aliphatic carbocycles. The lowest BCUT2D eigenvalue weighted by molar-refractivity contribution is 0.275. The fourth-order valence-electron chi connectivity index (χ4n) is 2.76. The van der Waals surface area contributed by atoms with Crippen LogP contribution in [0.4, 0.5) is 5.69 Å². The Morgan fingerprint density at radius 3 is 2.44 bits per heavy atom. The van der Waals surface area contributed by atoms with Gasteiger partial charge in [-0.15, -0.1) is 0 Å². The van der Waals surface area contributed by atoms with Gasteiger partial charge in [0.1, 0.15) is 0 Å². The van der Waals surface area contributed by atoms with Crippen molar-refractivity contribution >= 4 is 36.0 Å². The molecule has 4 N–H and O–H groups in total. The van der Waals surface area contributed by atoms with Crippen LogP contribution < -0.4 is 5.32 Å². The van der Waals surface area contributed by atoms with E-state index in [0.29, 0.717) is 11.1 Å². The zero-order chi connectivity index (χ0) is 20.4. The normalized spacial score (nSPS) is 12.6. The van der Waals surface area contributed by atoms with Crippen LogP contribution in [0.5, 0.6) is 0 Å². The van der Waals surface area contributed by atoms with Crippen molar-refractivity contribution in [2.45, 2.75) is 39.7 Å². The maximum Gasteiger partial charge on any atom is 0.466 e. The lowest BCUT2D eigenvalue weighted by Gasteiger charge is -2.20. The molecular weight excluding hydrogens is 389 g/mol. The summed E-state index contributed by atoms with van der Waals surface area (Å²) in [6.45, 7) is 10.1. The number of pyridine rings is 1. The Hall–Kier alpha value is -1.21. The highest BCUT2D eigenvalue weighted by Crippen LogP contribution is 2.27. The second kappa shape index (κ2) is 11.6. The second-order valence-electron chi connectivity index (χ2n) is 6.22. The molecule has 9 heteroatoms. The van der Waals surface area contributed by atoms with Crippen LogP contribution >= 0.6 is 19.4 Å². The maximum atomic E-state index is 8.88. The monoisotopic (exact) mass is 417 g/mol. The van der Waals surface area contributed by atoms with Gasteiger partial charge in [0.2, 0.25) is 0 Å².